The molecule has 1 saturated heterocycles. The highest BCUT2D eigenvalue weighted by Crippen LogP contribution is 2.38. The minimum Gasteiger partial charge on any atom is -0.381 e. The summed E-state index contributed by atoms with van der Waals surface area (Å²) in [5.74, 6) is 0.528. The Morgan fingerprint density at radius 2 is 2.20 bits per heavy atom. The second kappa shape index (κ2) is 5.15. The SMILES string of the molecule is NC(c1cc(Br)c(Cl)s1)C1CCOCC1. The van der Waals surface area contributed by atoms with Crippen LogP contribution in [0.25, 0.3) is 0 Å². The second-order valence-corrected chi connectivity index (χ2v) is 6.29. The third-order valence-corrected chi connectivity index (χ3v) is 5.34. The van der Waals surface area contributed by atoms with Crippen LogP contribution in [0.2, 0.25) is 4.34 Å². The fraction of sp³-hybridized carbons (Fsp3) is 0.600. The summed E-state index contributed by atoms with van der Waals surface area (Å²) in [4.78, 5) is 1.17. The zero-order valence-corrected chi connectivity index (χ0v) is 11.4. The molecule has 84 valence electrons. The summed E-state index contributed by atoms with van der Waals surface area (Å²) < 4.78 is 7.06. The van der Waals surface area contributed by atoms with E-state index in [1.165, 1.54) is 4.88 Å². The van der Waals surface area contributed by atoms with E-state index >= 15 is 0 Å². The van der Waals surface area contributed by atoms with Crippen LogP contribution < -0.4 is 5.73 Å². The monoisotopic (exact) mass is 309 g/mol. The lowest BCUT2D eigenvalue weighted by Crippen LogP contribution is -2.26. The van der Waals surface area contributed by atoms with Crippen molar-refractivity contribution < 1.29 is 4.74 Å². The van der Waals surface area contributed by atoms with Gasteiger partial charge in [0.05, 0.1) is 0 Å². The van der Waals surface area contributed by atoms with Gasteiger partial charge in [-0.05, 0) is 40.8 Å². The summed E-state index contributed by atoms with van der Waals surface area (Å²) in [5, 5.41) is 0. The Hall–Kier alpha value is 0.390. The van der Waals surface area contributed by atoms with Crippen LogP contribution in [-0.2, 0) is 4.74 Å². The molecule has 1 unspecified atom stereocenters. The molecule has 1 aliphatic heterocycles. The van der Waals surface area contributed by atoms with E-state index in [0.717, 1.165) is 34.9 Å². The van der Waals surface area contributed by atoms with E-state index in [0.29, 0.717) is 5.92 Å². The molecule has 1 atom stereocenters. The molecule has 2 heterocycles. The van der Waals surface area contributed by atoms with Gasteiger partial charge in [-0.3, -0.25) is 0 Å². The van der Waals surface area contributed by atoms with Crippen LogP contribution in [0.4, 0.5) is 0 Å². The number of ether oxygens (including phenoxy) is 1. The highest BCUT2D eigenvalue weighted by molar-refractivity contribution is 9.10. The van der Waals surface area contributed by atoms with Crippen LogP contribution in [0, 0.1) is 5.92 Å². The fourth-order valence-corrected chi connectivity index (χ4v) is 3.67. The van der Waals surface area contributed by atoms with Crippen molar-refractivity contribution in [2.45, 2.75) is 18.9 Å². The molecule has 2 rings (SSSR count). The lowest BCUT2D eigenvalue weighted by molar-refractivity contribution is 0.0587. The number of hydrogen-bond acceptors (Lipinski definition) is 3. The zero-order valence-electron chi connectivity index (χ0n) is 8.21. The van der Waals surface area contributed by atoms with Crippen LogP contribution in [0.5, 0.6) is 0 Å². The molecule has 0 bridgehead atoms. The van der Waals surface area contributed by atoms with Gasteiger partial charge in [0.2, 0.25) is 0 Å². The van der Waals surface area contributed by atoms with Gasteiger partial charge < -0.3 is 10.5 Å². The van der Waals surface area contributed by atoms with Gasteiger partial charge in [0, 0.05) is 28.6 Å². The first-order valence-electron chi connectivity index (χ1n) is 4.96. The molecule has 0 spiro atoms. The first-order valence-corrected chi connectivity index (χ1v) is 6.95. The number of nitrogens with two attached hydrogens (primary N) is 1. The highest BCUT2D eigenvalue weighted by Gasteiger charge is 2.24. The lowest BCUT2D eigenvalue weighted by Gasteiger charge is -2.26. The smallest absolute Gasteiger partial charge is 0.107 e. The van der Waals surface area contributed by atoms with Gasteiger partial charge in [-0.2, -0.15) is 0 Å². The van der Waals surface area contributed by atoms with Crippen LogP contribution in [0.1, 0.15) is 23.8 Å². The van der Waals surface area contributed by atoms with Gasteiger partial charge in [-0.1, -0.05) is 11.6 Å². The molecule has 0 aromatic carbocycles. The molecule has 1 aliphatic rings. The summed E-state index contributed by atoms with van der Waals surface area (Å²) in [6.07, 6.45) is 2.10. The van der Waals surface area contributed by atoms with Crippen molar-refractivity contribution in [3.63, 3.8) is 0 Å². The Kier molecular flexibility index (Phi) is 4.07. The number of hydrogen-bond donors (Lipinski definition) is 1. The van der Waals surface area contributed by atoms with E-state index in [4.69, 9.17) is 22.1 Å². The van der Waals surface area contributed by atoms with Crippen LogP contribution in [-0.4, -0.2) is 13.2 Å². The van der Waals surface area contributed by atoms with Gasteiger partial charge in [0.1, 0.15) is 4.34 Å². The van der Waals surface area contributed by atoms with Gasteiger partial charge in [0.25, 0.3) is 0 Å². The molecule has 1 aromatic heterocycles. The van der Waals surface area contributed by atoms with Crippen molar-refractivity contribution >= 4 is 38.9 Å². The number of thiophene rings is 1. The summed E-state index contributed by atoms with van der Waals surface area (Å²) in [5.41, 5.74) is 6.23. The number of rotatable bonds is 2. The molecular formula is C10H13BrClNOS. The average Bonchev–Trinajstić information content (AvgIpc) is 2.59. The third kappa shape index (κ3) is 2.74. The maximum atomic E-state index is 6.23. The summed E-state index contributed by atoms with van der Waals surface area (Å²) in [6, 6.07) is 2.13. The van der Waals surface area contributed by atoms with E-state index in [1.54, 1.807) is 11.3 Å². The third-order valence-electron chi connectivity index (χ3n) is 2.77. The molecule has 0 radical (unpaired) electrons. The minimum absolute atomic E-state index is 0.0997. The predicted octanol–water partition coefficient (Wildman–Crippen LogP) is 3.59. The summed E-state index contributed by atoms with van der Waals surface area (Å²) in [7, 11) is 0. The van der Waals surface area contributed by atoms with Crippen molar-refractivity contribution in [1.29, 1.82) is 0 Å². The van der Waals surface area contributed by atoms with E-state index in [1.807, 2.05) is 6.07 Å². The van der Waals surface area contributed by atoms with E-state index in [-0.39, 0.29) is 6.04 Å². The van der Waals surface area contributed by atoms with Crippen LogP contribution >= 0.6 is 38.9 Å². The maximum Gasteiger partial charge on any atom is 0.107 e. The number of halogens is 2. The highest BCUT2D eigenvalue weighted by atomic mass is 79.9. The Balaban J connectivity index is 2.08. The largest absolute Gasteiger partial charge is 0.381 e. The van der Waals surface area contributed by atoms with Crippen molar-refractivity contribution in [3.8, 4) is 0 Å². The predicted molar refractivity (Wildman–Crippen MR) is 67.5 cm³/mol. The van der Waals surface area contributed by atoms with Crippen LogP contribution in [0.15, 0.2) is 10.5 Å². The quantitative estimate of drug-likeness (QED) is 0.906. The van der Waals surface area contributed by atoms with Crippen LogP contribution in [0.3, 0.4) is 0 Å². The van der Waals surface area contributed by atoms with E-state index in [2.05, 4.69) is 15.9 Å². The van der Waals surface area contributed by atoms with Gasteiger partial charge >= 0.3 is 0 Å². The Morgan fingerprint density at radius 1 is 1.53 bits per heavy atom. The van der Waals surface area contributed by atoms with Crippen molar-refractivity contribution in [2.75, 3.05) is 13.2 Å². The molecular weight excluding hydrogens is 298 g/mol. The zero-order chi connectivity index (χ0) is 10.8. The molecule has 0 aliphatic carbocycles. The second-order valence-electron chi connectivity index (χ2n) is 3.75. The summed E-state index contributed by atoms with van der Waals surface area (Å²) in [6.45, 7) is 1.66. The minimum atomic E-state index is 0.0997. The summed E-state index contributed by atoms with van der Waals surface area (Å²) >= 11 is 11.0. The molecule has 2 nitrogen and oxygen atoms in total. The Morgan fingerprint density at radius 3 is 2.73 bits per heavy atom. The Labute approximate surface area is 107 Å². The van der Waals surface area contributed by atoms with E-state index < -0.39 is 0 Å². The molecule has 5 heteroatoms. The lowest BCUT2D eigenvalue weighted by atomic mass is 9.91. The van der Waals surface area contributed by atoms with Crippen molar-refractivity contribution in [3.05, 3.63) is 19.8 Å². The fourth-order valence-electron chi connectivity index (χ4n) is 1.83. The Bertz CT molecular complexity index is 319. The standard InChI is InChI=1S/C10H13BrClNOS/c11-7-5-8(15-10(7)12)9(13)6-1-3-14-4-2-6/h5-6,9H,1-4,13H2. The van der Waals surface area contributed by atoms with Gasteiger partial charge in [-0.15, -0.1) is 11.3 Å². The molecule has 0 amide bonds. The molecule has 15 heavy (non-hydrogen) atoms. The van der Waals surface area contributed by atoms with Crippen molar-refractivity contribution in [1.82, 2.24) is 0 Å². The maximum absolute atomic E-state index is 6.23. The first kappa shape index (κ1) is 11.9. The molecule has 0 saturated carbocycles. The molecule has 1 fully saturated rings. The van der Waals surface area contributed by atoms with E-state index in [9.17, 15) is 0 Å². The molecule has 2 N–H and O–H groups in total. The normalized spacial score (nSPS) is 20.5. The van der Waals surface area contributed by atoms with Crippen molar-refractivity contribution in [2.24, 2.45) is 11.7 Å². The topological polar surface area (TPSA) is 35.2 Å². The molecule has 1 aromatic rings. The first-order chi connectivity index (χ1) is 7.18. The van der Waals surface area contributed by atoms with Gasteiger partial charge in [-0.25, -0.2) is 0 Å². The van der Waals surface area contributed by atoms with Gasteiger partial charge in [0.15, 0.2) is 0 Å². The average molecular weight is 311 g/mol.